The molecule has 0 aromatic carbocycles. The fourth-order valence-corrected chi connectivity index (χ4v) is 7.88. The molecule has 0 amide bonds. The maximum absolute atomic E-state index is 6.01. The van der Waals surface area contributed by atoms with Gasteiger partial charge in [-0.05, 0) is 6.92 Å². The molecule has 0 fully saturated rings. The molecule has 18 heavy (non-hydrogen) atoms. The fraction of sp³-hybridized carbons (Fsp3) is 1.00. The summed E-state index contributed by atoms with van der Waals surface area (Å²) in [6, 6.07) is 0. The molecule has 0 radical (unpaired) electrons. The summed E-state index contributed by atoms with van der Waals surface area (Å²) in [6.45, 7) is 1.80. The molecule has 110 valence electrons. The van der Waals surface area contributed by atoms with Crippen LogP contribution in [0.1, 0.15) is 6.92 Å². The first kappa shape index (κ1) is 21.1. The molecule has 1 nitrogen and oxygen atoms in total. The summed E-state index contributed by atoms with van der Waals surface area (Å²) < 4.78 is -2.93. The van der Waals surface area contributed by atoms with E-state index >= 15 is 0 Å². The van der Waals surface area contributed by atoms with Crippen molar-refractivity contribution in [1.29, 1.82) is 0 Å². The summed E-state index contributed by atoms with van der Waals surface area (Å²) >= 11 is 58.2. The van der Waals surface area contributed by atoms with Crippen LogP contribution in [0.25, 0.3) is 0 Å². The average Bonchev–Trinajstić information content (AvgIpc) is 2.09. The summed E-state index contributed by atoms with van der Waals surface area (Å²) in [6.07, 6.45) is 0. The molecular weight excluding hydrogens is 471 g/mol. The Labute approximate surface area is 157 Å². The smallest absolute Gasteiger partial charge is 0.261 e. The molecule has 0 saturated heterocycles. The summed E-state index contributed by atoms with van der Waals surface area (Å²) in [5.74, 6) is 0. The Balaban J connectivity index is 5.60. The molecule has 0 spiro atoms. The number of hydrogen-bond donors (Lipinski definition) is 0. The van der Waals surface area contributed by atoms with Crippen molar-refractivity contribution in [3.05, 3.63) is 0 Å². The van der Waals surface area contributed by atoms with E-state index in [1.54, 1.807) is 6.92 Å². The van der Waals surface area contributed by atoms with Gasteiger partial charge in [0, 0.05) is 6.61 Å². The normalized spacial score (nSPS) is 15.3. The molecule has 0 unspecified atom stereocenters. The first-order valence-electron chi connectivity index (χ1n) is 4.20. The van der Waals surface area contributed by atoms with Gasteiger partial charge in [0.25, 0.3) is 9.04 Å². The van der Waals surface area contributed by atoms with Gasteiger partial charge in [-0.15, -0.1) is 0 Å². The summed E-state index contributed by atoms with van der Waals surface area (Å²) in [5.41, 5.74) is 0. The molecule has 0 bridgehead atoms. The third-order valence-corrected chi connectivity index (χ3v) is 12.2. The Morgan fingerprint density at radius 3 is 1.17 bits per heavy atom. The maximum Gasteiger partial charge on any atom is 0.261 e. The standard InChI is InChI=1S/C6H6Cl10OSi/c1-2-17-18(5(13,14)3(7,8)9)6(15,16)4(10,11)12/h18H,2H2,1H3. The second kappa shape index (κ2) is 7.10. The molecule has 0 aliphatic rings. The van der Waals surface area contributed by atoms with Gasteiger partial charge in [-0.2, -0.15) is 0 Å². The largest absolute Gasteiger partial charge is 0.414 e. The quantitative estimate of drug-likeness (QED) is 0.362. The average molecular weight is 477 g/mol. The summed E-state index contributed by atoms with van der Waals surface area (Å²) in [4.78, 5) is 0. The van der Waals surface area contributed by atoms with Crippen molar-refractivity contribution < 1.29 is 4.43 Å². The Morgan fingerprint density at radius 1 is 0.722 bits per heavy atom. The van der Waals surface area contributed by atoms with E-state index in [-0.39, 0.29) is 6.61 Å². The molecule has 0 aliphatic heterocycles. The number of alkyl halides is 10. The first-order chi connectivity index (χ1) is 7.69. The third kappa shape index (κ3) is 4.79. The lowest BCUT2D eigenvalue weighted by molar-refractivity contribution is 0.331. The highest BCUT2D eigenvalue weighted by atomic mass is 35.6. The highest BCUT2D eigenvalue weighted by molar-refractivity contribution is 7.00. The van der Waals surface area contributed by atoms with Crippen molar-refractivity contribution in [3.63, 3.8) is 0 Å². The van der Waals surface area contributed by atoms with Crippen LogP contribution < -0.4 is 0 Å². The lowest BCUT2D eigenvalue weighted by Gasteiger charge is -2.41. The van der Waals surface area contributed by atoms with E-state index in [0.29, 0.717) is 0 Å². The van der Waals surface area contributed by atoms with Gasteiger partial charge in [0.2, 0.25) is 7.59 Å². The second-order valence-electron chi connectivity index (χ2n) is 3.08. The van der Waals surface area contributed by atoms with Crippen molar-refractivity contribution in [3.8, 4) is 0 Å². The molecule has 0 aliphatic carbocycles. The van der Waals surface area contributed by atoms with Gasteiger partial charge >= 0.3 is 0 Å². The van der Waals surface area contributed by atoms with Gasteiger partial charge in [0.15, 0.2) is 7.91 Å². The lowest BCUT2D eigenvalue weighted by Crippen LogP contribution is -2.62. The van der Waals surface area contributed by atoms with Crippen molar-refractivity contribution in [1.82, 2.24) is 0 Å². The molecule has 0 aromatic rings. The Morgan fingerprint density at radius 2 is 1.00 bits per heavy atom. The number of hydrogen-bond acceptors (Lipinski definition) is 1. The first-order valence-corrected chi connectivity index (χ1v) is 9.60. The fourth-order valence-electron chi connectivity index (χ4n) is 0.901. The molecular formula is C6H6Cl10OSi. The Kier molecular flexibility index (Phi) is 8.31. The van der Waals surface area contributed by atoms with Gasteiger partial charge in [-0.1, -0.05) is 116 Å². The van der Waals surface area contributed by atoms with Crippen LogP contribution in [0.4, 0.5) is 0 Å². The Hall–Kier alpha value is 3.08. The van der Waals surface area contributed by atoms with E-state index in [4.69, 9.17) is 120 Å². The predicted molar refractivity (Wildman–Crippen MR) is 88.2 cm³/mol. The maximum atomic E-state index is 6.01. The van der Waals surface area contributed by atoms with Crippen LogP contribution in [-0.2, 0) is 4.43 Å². The summed E-state index contributed by atoms with van der Waals surface area (Å²) in [5, 5.41) is 0. The van der Waals surface area contributed by atoms with Gasteiger partial charge in [-0.3, -0.25) is 0 Å². The molecule has 0 heterocycles. The summed E-state index contributed by atoms with van der Waals surface area (Å²) in [7, 11) is -3.13. The van der Waals surface area contributed by atoms with Crippen LogP contribution in [0.3, 0.4) is 0 Å². The highest BCUT2D eigenvalue weighted by Gasteiger charge is 2.66. The minimum atomic E-state index is -3.13. The highest BCUT2D eigenvalue weighted by Crippen LogP contribution is 2.56. The van der Waals surface area contributed by atoms with Crippen LogP contribution in [0.2, 0.25) is 0 Å². The zero-order chi connectivity index (χ0) is 15.0. The van der Waals surface area contributed by atoms with Crippen LogP contribution in [-0.4, -0.2) is 31.1 Å². The van der Waals surface area contributed by atoms with Gasteiger partial charge in [-0.25, -0.2) is 0 Å². The Bertz CT molecular complexity index is 255. The molecule has 0 atom stereocenters. The van der Waals surface area contributed by atoms with Crippen LogP contribution in [0.5, 0.6) is 0 Å². The lowest BCUT2D eigenvalue weighted by atomic mass is 10.8. The molecule has 0 rings (SSSR count). The molecule has 0 saturated carbocycles. The van der Waals surface area contributed by atoms with E-state index in [0.717, 1.165) is 0 Å². The van der Waals surface area contributed by atoms with Crippen molar-refractivity contribution in [2.75, 3.05) is 6.61 Å². The zero-order valence-electron chi connectivity index (χ0n) is 8.47. The third-order valence-electron chi connectivity index (χ3n) is 1.75. The van der Waals surface area contributed by atoms with Crippen molar-refractivity contribution in [2.24, 2.45) is 0 Å². The van der Waals surface area contributed by atoms with E-state index in [2.05, 4.69) is 0 Å². The monoisotopic (exact) mass is 472 g/mol. The molecule has 12 heteroatoms. The minimum Gasteiger partial charge on any atom is -0.414 e. The number of rotatable bonds is 4. The SMILES string of the molecule is CCO[SiH](C(Cl)(Cl)C(Cl)(Cl)Cl)C(Cl)(Cl)C(Cl)(Cl)Cl. The van der Waals surface area contributed by atoms with E-state index in [1.807, 2.05) is 0 Å². The predicted octanol–water partition coefficient (Wildman–Crippen LogP) is 5.91. The van der Waals surface area contributed by atoms with Gasteiger partial charge < -0.3 is 4.43 Å². The number of halogens is 10. The van der Waals surface area contributed by atoms with Gasteiger partial charge in [0.1, 0.15) is 0 Å². The van der Waals surface area contributed by atoms with E-state index < -0.39 is 24.5 Å². The van der Waals surface area contributed by atoms with Gasteiger partial charge in [0.05, 0.1) is 0 Å². The van der Waals surface area contributed by atoms with Crippen molar-refractivity contribution in [2.45, 2.75) is 22.4 Å². The van der Waals surface area contributed by atoms with Crippen LogP contribution in [0.15, 0.2) is 0 Å². The second-order valence-corrected chi connectivity index (χ2v) is 14.7. The zero-order valence-corrected chi connectivity index (χ0v) is 17.2. The molecule has 0 aromatic heterocycles. The van der Waals surface area contributed by atoms with Crippen LogP contribution in [0, 0.1) is 0 Å². The van der Waals surface area contributed by atoms with Crippen LogP contribution >= 0.6 is 116 Å². The van der Waals surface area contributed by atoms with Crippen molar-refractivity contribution >= 4 is 125 Å². The van der Waals surface area contributed by atoms with E-state index in [9.17, 15) is 0 Å². The van der Waals surface area contributed by atoms with E-state index in [1.165, 1.54) is 0 Å². The topological polar surface area (TPSA) is 9.23 Å². The molecule has 0 N–H and O–H groups in total. The minimum absolute atomic E-state index is 0.154.